The first kappa shape index (κ1) is 28.8. The number of esters is 1. The van der Waals surface area contributed by atoms with Gasteiger partial charge >= 0.3 is 5.97 Å². The maximum Gasteiger partial charge on any atom is 0.326 e. The molecule has 0 unspecified atom stereocenters. The molecule has 0 amide bonds. The number of phenols is 2. The van der Waals surface area contributed by atoms with E-state index >= 15 is 0 Å². The number of hydrogen-bond acceptors (Lipinski definition) is 6. The molecule has 0 saturated heterocycles. The van der Waals surface area contributed by atoms with Crippen molar-refractivity contribution in [2.24, 2.45) is 12.8 Å². The maximum absolute atomic E-state index is 12.1. The van der Waals surface area contributed by atoms with Gasteiger partial charge in [0.05, 0.1) is 0 Å². The summed E-state index contributed by atoms with van der Waals surface area (Å²) in [6, 6.07) is 4.30. The Hall–Kier alpha value is -2.04. The predicted octanol–water partition coefficient (Wildman–Crippen LogP) is 0.0288. The lowest BCUT2D eigenvalue weighted by Gasteiger charge is -2.22. The van der Waals surface area contributed by atoms with Crippen molar-refractivity contribution in [3.05, 3.63) is 42.0 Å². The predicted molar refractivity (Wildman–Crippen MR) is 101 cm³/mol. The number of benzene rings is 1. The summed E-state index contributed by atoms with van der Waals surface area (Å²) >= 11 is 0. The Morgan fingerprint density at radius 1 is 1.27 bits per heavy atom. The standard InChI is InChI=1S/C15H19N3O4.2ClH.2H2O/c1-15(16,8-10-3-4-11(19)12(20)7-10)14(21)22-9-13-17-5-6-18(13)2;;;;/h3-7,19-20H,8-9,16H2,1-2H3;2*1H;2*1H2/t15-;;;;/m1..../s1. The van der Waals surface area contributed by atoms with E-state index in [9.17, 15) is 15.0 Å². The van der Waals surface area contributed by atoms with Gasteiger partial charge in [-0.15, -0.1) is 24.8 Å². The zero-order valence-electron chi connectivity index (χ0n) is 14.3. The number of halogens is 2. The number of nitrogens with two attached hydrogens (primary N) is 1. The first-order valence-corrected chi connectivity index (χ1v) is 6.73. The van der Waals surface area contributed by atoms with E-state index in [0.29, 0.717) is 11.4 Å². The molecule has 1 heterocycles. The van der Waals surface area contributed by atoms with Crippen LogP contribution in [0.5, 0.6) is 11.5 Å². The second-order valence-electron chi connectivity index (χ2n) is 5.45. The molecule has 0 aliphatic heterocycles. The molecule has 2 aromatic rings. The number of rotatable bonds is 5. The summed E-state index contributed by atoms with van der Waals surface area (Å²) in [5.41, 5.74) is 5.38. The third kappa shape index (κ3) is 7.06. The highest BCUT2D eigenvalue weighted by atomic mass is 35.5. The van der Waals surface area contributed by atoms with Crippen molar-refractivity contribution in [2.45, 2.75) is 25.5 Å². The second-order valence-corrected chi connectivity index (χ2v) is 5.45. The smallest absolute Gasteiger partial charge is 0.326 e. The summed E-state index contributed by atoms with van der Waals surface area (Å²) in [4.78, 5) is 16.2. The molecule has 0 aliphatic carbocycles. The molecule has 26 heavy (non-hydrogen) atoms. The molecule has 11 heteroatoms. The summed E-state index contributed by atoms with van der Waals surface area (Å²) in [5.74, 6) is -0.427. The minimum absolute atomic E-state index is 0. The largest absolute Gasteiger partial charge is 0.504 e. The van der Waals surface area contributed by atoms with Crippen molar-refractivity contribution in [3.8, 4) is 11.5 Å². The fourth-order valence-electron chi connectivity index (χ4n) is 2.01. The van der Waals surface area contributed by atoms with Gasteiger partial charge in [-0.05, 0) is 24.6 Å². The first-order valence-electron chi connectivity index (χ1n) is 6.73. The van der Waals surface area contributed by atoms with Gasteiger partial charge in [0.1, 0.15) is 18.0 Å². The van der Waals surface area contributed by atoms with E-state index < -0.39 is 11.5 Å². The van der Waals surface area contributed by atoms with E-state index in [1.54, 1.807) is 37.0 Å². The monoisotopic (exact) mass is 413 g/mol. The van der Waals surface area contributed by atoms with Crippen LogP contribution in [0.15, 0.2) is 30.6 Å². The van der Waals surface area contributed by atoms with Crippen LogP contribution in [0.4, 0.5) is 0 Å². The number of imidazole rings is 1. The van der Waals surface area contributed by atoms with Crippen LogP contribution >= 0.6 is 24.8 Å². The average Bonchev–Trinajstić information content (AvgIpc) is 2.85. The average molecular weight is 414 g/mol. The lowest BCUT2D eigenvalue weighted by Crippen LogP contribution is -2.48. The molecule has 0 spiro atoms. The normalized spacial score (nSPS) is 11.5. The molecule has 150 valence electrons. The molecule has 0 fully saturated rings. The number of phenolic OH excluding ortho intramolecular Hbond substituents is 2. The van der Waals surface area contributed by atoms with Gasteiger partial charge in [-0.2, -0.15) is 0 Å². The van der Waals surface area contributed by atoms with Crippen molar-refractivity contribution in [1.82, 2.24) is 9.55 Å². The molecule has 0 radical (unpaired) electrons. The highest BCUT2D eigenvalue weighted by Crippen LogP contribution is 2.26. The van der Waals surface area contributed by atoms with Crippen molar-refractivity contribution in [2.75, 3.05) is 0 Å². The van der Waals surface area contributed by atoms with Crippen LogP contribution in [0.1, 0.15) is 18.3 Å². The Labute approximate surface area is 163 Å². The molecule has 1 atom stereocenters. The van der Waals surface area contributed by atoms with Crippen LogP contribution in [0.2, 0.25) is 0 Å². The van der Waals surface area contributed by atoms with Crippen LogP contribution in [0.25, 0.3) is 0 Å². The Bertz CT molecular complexity index is 694. The SMILES string of the molecule is Cl.Cl.Cn1ccnc1COC(=O)[C@](C)(N)Cc1ccc(O)c(O)c1.O.O. The van der Waals surface area contributed by atoms with E-state index in [1.165, 1.54) is 12.1 Å². The van der Waals surface area contributed by atoms with Crippen LogP contribution < -0.4 is 5.73 Å². The van der Waals surface area contributed by atoms with Crippen molar-refractivity contribution >= 4 is 30.8 Å². The fraction of sp³-hybridized carbons (Fsp3) is 0.333. The molecule has 0 saturated carbocycles. The van der Waals surface area contributed by atoms with Crippen LogP contribution in [0.3, 0.4) is 0 Å². The summed E-state index contributed by atoms with van der Waals surface area (Å²) in [6.45, 7) is 1.59. The van der Waals surface area contributed by atoms with Gasteiger partial charge in [0.2, 0.25) is 0 Å². The number of aryl methyl sites for hydroxylation is 1. The van der Waals surface area contributed by atoms with Crippen LogP contribution in [-0.2, 0) is 29.6 Å². The second kappa shape index (κ2) is 11.6. The highest BCUT2D eigenvalue weighted by Gasteiger charge is 2.31. The Morgan fingerprint density at radius 3 is 2.38 bits per heavy atom. The number of carbonyl (C=O) groups excluding carboxylic acids is 1. The lowest BCUT2D eigenvalue weighted by molar-refractivity contribution is -0.151. The summed E-state index contributed by atoms with van der Waals surface area (Å²) in [7, 11) is 1.80. The lowest BCUT2D eigenvalue weighted by atomic mass is 9.94. The van der Waals surface area contributed by atoms with Crippen molar-refractivity contribution in [3.63, 3.8) is 0 Å². The van der Waals surface area contributed by atoms with Gasteiger partial charge in [-0.25, -0.2) is 4.98 Å². The van der Waals surface area contributed by atoms with Gasteiger partial charge in [0.15, 0.2) is 11.5 Å². The number of hydrogen-bond donors (Lipinski definition) is 3. The molecule has 1 aromatic heterocycles. The van der Waals surface area contributed by atoms with Crippen LogP contribution in [0, 0.1) is 0 Å². The minimum atomic E-state index is -1.26. The zero-order valence-corrected chi connectivity index (χ0v) is 15.9. The number of ether oxygens (including phenoxy) is 1. The number of aromatic hydroxyl groups is 2. The van der Waals surface area contributed by atoms with E-state index in [4.69, 9.17) is 10.5 Å². The molecule has 0 aliphatic rings. The summed E-state index contributed by atoms with van der Waals surface area (Å²) < 4.78 is 6.95. The minimum Gasteiger partial charge on any atom is -0.504 e. The van der Waals surface area contributed by atoms with E-state index in [2.05, 4.69) is 4.98 Å². The third-order valence-corrected chi connectivity index (χ3v) is 3.33. The van der Waals surface area contributed by atoms with Gasteiger partial charge in [0.25, 0.3) is 0 Å². The van der Waals surface area contributed by atoms with Gasteiger partial charge in [-0.1, -0.05) is 6.07 Å². The topological polar surface area (TPSA) is 174 Å². The van der Waals surface area contributed by atoms with Crippen molar-refractivity contribution < 1.29 is 30.7 Å². The summed E-state index contributed by atoms with van der Waals surface area (Å²) in [6.07, 6.45) is 3.54. The fourth-order valence-corrected chi connectivity index (χ4v) is 2.01. The number of nitrogens with zero attached hydrogens (tertiary/aromatic N) is 2. The molecule has 9 nitrogen and oxygen atoms in total. The molecule has 1 aromatic carbocycles. The molecular formula is C15H25Cl2N3O6. The van der Waals surface area contributed by atoms with Gasteiger partial charge in [0, 0.05) is 25.9 Å². The quantitative estimate of drug-likeness (QED) is 0.460. The molecule has 2 rings (SSSR count). The first-order chi connectivity index (χ1) is 10.3. The zero-order chi connectivity index (χ0) is 16.3. The number of carbonyl (C=O) groups is 1. The van der Waals surface area contributed by atoms with E-state index in [0.717, 1.165) is 0 Å². The Kier molecular flexibility index (Phi) is 12.8. The molecular weight excluding hydrogens is 389 g/mol. The van der Waals surface area contributed by atoms with Crippen molar-refractivity contribution in [1.29, 1.82) is 0 Å². The number of aromatic nitrogens is 2. The van der Waals surface area contributed by atoms with Crippen LogP contribution in [-0.4, -0.2) is 42.2 Å². The van der Waals surface area contributed by atoms with Gasteiger partial charge in [-0.3, -0.25) is 4.79 Å². The third-order valence-electron chi connectivity index (χ3n) is 3.33. The highest BCUT2D eigenvalue weighted by molar-refractivity contribution is 5.85. The maximum atomic E-state index is 12.1. The Morgan fingerprint density at radius 2 is 1.88 bits per heavy atom. The van der Waals surface area contributed by atoms with Gasteiger partial charge < -0.3 is 36.2 Å². The Balaban J connectivity index is -0.00000132. The van der Waals surface area contributed by atoms with E-state index in [1.807, 2.05) is 0 Å². The van der Waals surface area contributed by atoms with E-state index in [-0.39, 0.29) is 60.3 Å². The molecule has 0 bridgehead atoms. The summed E-state index contributed by atoms with van der Waals surface area (Å²) in [5, 5.41) is 18.8. The molecule has 8 N–H and O–H groups in total.